The molecule has 2 aliphatic rings. The second kappa shape index (κ2) is 8.52. The van der Waals surface area contributed by atoms with Crippen molar-refractivity contribution in [1.29, 1.82) is 0 Å². The number of ether oxygens (including phenoxy) is 1. The fourth-order valence-electron chi connectivity index (χ4n) is 3.77. The Balaban J connectivity index is 1.58. The summed E-state index contributed by atoms with van der Waals surface area (Å²) in [5.74, 6) is 0.507. The molecule has 4 heterocycles. The van der Waals surface area contributed by atoms with Crippen LogP contribution >= 0.6 is 11.3 Å². The summed E-state index contributed by atoms with van der Waals surface area (Å²) in [5, 5.41) is 11.3. The van der Waals surface area contributed by atoms with Crippen LogP contribution in [0.4, 0.5) is 5.95 Å². The molecule has 2 atom stereocenters. The van der Waals surface area contributed by atoms with Gasteiger partial charge in [0.15, 0.2) is 5.75 Å². The minimum absolute atomic E-state index is 0.00557. The van der Waals surface area contributed by atoms with Crippen LogP contribution in [0.5, 0.6) is 5.75 Å². The van der Waals surface area contributed by atoms with Gasteiger partial charge in [0.25, 0.3) is 10.0 Å². The van der Waals surface area contributed by atoms with E-state index in [9.17, 15) is 13.5 Å². The zero-order valence-electron chi connectivity index (χ0n) is 16.2. The van der Waals surface area contributed by atoms with Gasteiger partial charge in [0, 0.05) is 38.8 Å². The minimum atomic E-state index is -3.52. The standard InChI is InChI=1S/C18H25N5O4S2/c1-14-13-27-7-6-21(14)11-15-12-22(29(25,26)17-3-2-8-28-17)4-5-23(15)18-19-9-16(24)10-20-18/h2-3,8-10,14-15,24H,4-7,11-13H2,1H3/t14-,15-/m0/s1. The molecule has 2 fully saturated rings. The van der Waals surface area contributed by atoms with Gasteiger partial charge < -0.3 is 14.7 Å². The summed E-state index contributed by atoms with van der Waals surface area (Å²) in [6, 6.07) is 3.55. The summed E-state index contributed by atoms with van der Waals surface area (Å²) in [6.45, 7) is 6.14. The van der Waals surface area contributed by atoms with Gasteiger partial charge in [0.2, 0.25) is 5.95 Å². The highest BCUT2D eigenvalue weighted by atomic mass is 32.2. The number of piperazine rings is 1. The third kappa shape index (κ3) is 4.38. The van der Waals surface area contributed by atoms with Crippen molar-refractivity contribution < 1.29 is 18.3 Å². The monoisotopic (exact) mass is 439 g/mol. The van der Waals surface area contributed by atoms with Gasteiger partial charge in [-0.3, -0.25) is 4.90 Å². The molecule has 0 aliphatic carbocycles. The number of sulfonamides is 1. The highest BCUT2D eigenvalue weighted by molar-refractivity contribution is 7.91. The molecule has 9 nitrogen and oxygen atoms in total. The third-order valence-electron chi connectivity index (χ3n) is 5.37. The van der Waals surface area contributed by atoms with E-state index < -0.39 is 10.0 Å². The van der Waals surface area contributed by atoms with Gasteiger partial charge in [-0.1, -0.05) is 6.07 Å². The maximum absolute atomic E-state index is 13.1. The fourth-order valence-corrected chi connectivity index (χ4v) is 6.38. The minimum Gasteiger partial charge on any atom is -0.505 e. The van der Waals surface area contributed by atoms with Crippen molar-refractivity contribution in [3.63, 3.8) is 0 Å². The zero-order valence-corrected chi connectivity index (χ0v) is 17.8. The summed E-state index contributed by atoms with van der Waals surface area (Å²) in [7, 11) is -3.52. The Hall–Kier alpha value is -1.79. The van der Waals surface area contributed by atoms with Crippen LogP contribution in [0.25, 0.3) is 0 Å². The second-order valence-corrected chi connectivity index (χ2v) is 10.4. The maximum atomic E-state index is 13.1. The molecule has 11 heteroatoms. The van der Waals surface area contributed by atoms with Crippen LogP contribution < -0.4 is 4.90 Å². The van der Waals surface area contributed by atoms with E-state index in [2.05, 4.69) is 21.8 Å². The molecule has 158 valence electrons. The van der Waals surface area contributed by atoms with Gasteiger partial charge in [-0.25, -0.2) is 18.4 Å². The van der Waals surface area contributed by atoms with Crippen molar-refractivity contribution in [2.45, 2.75) is 23.2 Å². The number of aromatic nitrogens is 2. The van der Waals surface area contributed by atoms with Crippen molar-refractivity contribution in [1.82, 2.24) is 19.2 Å². The molecule has 2 saturated heterocycles. The molecule has 4 rings (SSSR count). The molecule has 0 bridgehead atoms. The van der Waals surface area contributed by atoms with Gasteiger partial charge in [-0.15, -0.1) is 11.3 Å². The van der Waals surface area contributed by atoms with Gasteiger partial charge in [-0.05, 0) is 18.4 Å². The average Bonchev–Trinajstić information content (AvgIpc) is 3.26. The number of anilines is 1. The first-order valence-corrected chi connectivity index (χ1v) is 11.9. The second-order valence-electron chi connectivity index (χ2n) is 7.30. The Bertz CT molecular complexity index is 907. The molecule has 0 saturated carbocycles. The lowest BCUT2D eigenvalue weighted by Gasteiger charge is -2.44. The summed E-state index contributed by atoms with van der Waals surface area (Å²) in [4.78, 5) is 12.9. The first-order chi connectivity index (χ1) is 13.9. The van der Waals surface area contributed by atoms with Crippen molar-refractivity contribution in [3.05, 3.63) is 29.9 Å². The lowest BCUT2D eigenvalue weighted by atomic mass is 10.1. The van der Waals surface area contributed by atoms with E-state index in [1.165, 1.54) is 23.7 Å². The van der Waals surface area contributed by atoms with Crippen LogP contribution in [0.1, 0.15) is 6.92 Å². The highest BCUT2D eigenvalue weighted by Crippen LogP contribution is 2.26. The normalized spacial score (nSPS) is 24.7. The van der Waals surface area contributed by atoms with Gasteiger partial charge in [0.1, 0.15) is 4.21 Å². The molecule has 0 radical (unpaired) electrons. The zero-order chi connectivity index (χ0) is 20.4. The molecule has 0 amide bonds. The van der Waals surface area contributed by atoms with Crippen LogP contribution in [0, 0.1) is 0 Å². The third-order valence-corrected chi connectivity index (χ3v) is 8.60. The molecule has 2 aromatic heterocycles. The quantitative estimate of drug-likeness (QED) is 0.732. The number of rotatable bonds is 5. The number of aromatic hydroxyl groups is 1. The van der Waals surface area contributed by atoms with Crippen molar-refractivity contribution in [3.8, 4) is 5.75 Å². The van der Waals surface area contributed by atoms with Gasteiger partial charge in [0.05, 0.1) is 31.6 Å². The number of hydrogen-bond donors (Lipinski definition) is 1. The largest absolute Gasteiger partial charge is 0.505 e. The highest BCUT2D eigenvalue weighted by Gasteiger charge is 2.37. The van der Waals surface area contributed by atoms with Crippen LogP contribution in [-0.2, 0) is 14.8 Å². The Morgan fingerprint density at radius 2 is 2.07 bits per heavy atom. The maximum Gasteiger partial charge on any atom is 0.252 e. The summed E-state index contributed by atoms with van der Waals surface area (Å²) in [5.41, 5.74) is 0. The number of morpholine rings is 1. The number of nitrogens with zero attached hydrogens (tertiary/aromatic N) is 5. The van der Waals surface area contributed by atoms with Crippen LogP contribution in [0.2, 0.25) is 0 Å². The number of hydrogen-bond acceptors (Lipinski definition) is 9. The SMILES string of the molecule is C[C@H]1COCCN1C[C@H]1CN(S(=O)(=O)c2cccs2)CCN1c1ncc(O)cn1. The predicted octanol–water partition coefficient (Wildman–Crippen LogP) is 0.844. The molecule has 0 unspecified atom stereocenters. The predicted molar refractivity (Wildman–Crippen MR) is 110 cm³/mol. The van der Waals surface area contributed by atoms with Crippen molar-refractivity contribution in [2.24, 2.45) is 0 Å². The molecule has 2 aromatic rings. The first-order valence-electron chi connectivity index (χ1n) is 9.58. The fraction of sp³-hybridized carbons (Fsp3) is 0.556. The van der Waals surface area contributed by atoms with Crippen LogP contribution in [0.15, 0.2) is 34.1 Å². The van der Waals surface area contributed by atoms with E-state index in [1.807, 2.05) is 4.90 Å². The molecule has 1 N–H and O–H groups in total. The van der Waals surface area contributed by atoms with E-state index in [0.29, 0.717) is 49.6 Å². The lowest BCUT2D eigenvalue weighted by molar-refractivity contribution is -0.00453. The van der Waals surface area contributed by atoms with Crippen LogP contribution in [0.3, 0.4) is 0 Å². The smallest absolute Gasteiger partial charge is 0.252 e. The van der Waals surface area contributed by atoms with Gasteiger partial charge in [-0.2, -0.15) is 4.31 Å². The topological polar surface area (TPSA) is 99.1 Å². The lowest BCUT2D eigenvalue weighted by Crippen LogP contribution is -2.60. The molecular weight excluding hydrogens is 414 g/mol. The summed E-state index contributed by atoms with van der Waals surface area (Å²) >= 11 is 1.24. The van der Waals surface area contributed by atoms with E-state index >= 15 is 0 Å². The molecule has 0 aromatic carbocycles. The van der Waals surface area contributed by atoms with E-state index in [0.717, 1.165) is 6.54 Å². The molecule has 29 heavy (non-hydrogen) atoms. The number of thiophene rings is 1. The van der Waals surface area contributed by atoms with Crippen molar-refractivity contribution >= 4 is 27.3 Å². The Morgan fingerprint density at radius 3 is 2.76 bits per heavy atom. The van der Waals surface area contributed by atoms with E-state index in [-0.39, 0.29) is 17.8 Å². The molecule has 2 aliphatic heterocycles. The summed E-state index contributed by atoms with van der Waals surface area (Å²) in [6.07, 6.45) is 2.73. The summed E-state index contributed by atoms with van der Waals surface area (Å²) < 4.78 is 33.6. The Kier molecular flexibility index (Phi) is 6.02. The van der Waals surface area contributed by atoms with Gasteiger partial charge >= 0.3 is 0 Å². The van der Waals surface area contributed by atoms with Crippen LogP contribution in [-0.4, -0.2) is 90.7 Å². The first kappa shape index (κ1) is 20.5. The Morgan fingerprint density at radius 1 is 1.28 bits per heavy atom. The molecule has 0 spiro atoms. The Labute approximate surface area is 174 Å². The van der Waals surface area contributed by atoms with E-state index in [1.54, 1.807) is 21.8 Å². The van der Waals surface area contributed by atoms with Crippen molar-refractivity contribution in [2.75, 3.05) is 50.8 Å². The average molecular weight is 440 g/mol. The molecular formula is C18H25N5O4S2. The van der Waals surface area contributed by atoms with E-state index in [4.69, 9.17) is 4.74 Å².